The van der Waals surface area contributed by atoms with Crippen molar-refractivity contribution in [1.29, 1.82) is 0 Å². The first-order chi connectivity index (χ1) is 10.8. The number of aromatic nitrogens is 2. The molecule has 6 heteroatoms. The molecular formula is C17H25N3O2S. The Morgan fingerprint density at radius 3 is 2.30 bits per heavy atom. The molecule has 23 heavy (non-hydrogen) atoms. The molecule has 1 aromatic heterocycles. The van der Waals surface area contributed by atoms with E-state index in [4.69, 9.17) is 0 Å². The van der Waals surface area contributed by atoms with Crippen molar-refractivity contribution < 1.29 is 8.42 Å². The molecule has 2 rings (SSSR count). The van der Waals surface area contributed by atoms with E-state index in [-0.39, 0.29) is 0 Å². The predicted molar refractivity (Wildman–Crippen MR) is 91.8 cm³/mol. The molecule has 0 aliphatic heterocycles. The number of sulfonamides is 1. The molecule has 0 bridgehead atoms. The third kappa shape index (κ3) is 3.82. The Morgan fingerprint density at radius 2 is 1.83 bits per heavy atom. The van der Waals surface area contributed by atoms with Gasteiger partial charge in [-0.25, -0.2) is 8.42 Å². The lowest BCUT2D eigenvalue weighted by molar-refractivity contribution is 0.466. The van der Waals surface area contributed by atoms with Gasteiger partial charge in [0.05, 0.1) is 10.6 Å². The highest BCUT2D eigenvalue weighted by Crippen LogP contribution is 2.21. The van der Waals surface area contributed by atoms with Crippen molar-refractivity contribution in [2.24, 2.45) is 0 Å². The fourth-order valence-electron chi connectivity index (χ4n) is 2.41. The lowest BCUT2D eigenvalue weighted by atomic mass is 10.0. The molecule has 0 radical (unpaired) electrons. The van der Waals surface area contributed by atoms with Crippen LogP contribution in [0, 0.1) is 6.92 Å². The zero-order valence-corrected chi connectivity index (χ0v) is 15.3. The Morgan fingerprint density at radius 1 is 1.22 bits per heavy atom. The molecule has 1 heterocycles. The number of benzene rings is 1. The second kappa shape index (κ2) is 6.84. The second-order valence-electron chi connectivity index (χ2n) is 6.08. The first kappa shape index (κ1) is 17.7. The Bertz CT molecular complexity index is 762. The summed E-state index contributed by atoms with van der Waals surface area (Å²) in [5, 5.41) is 4.36. The summed E-state index contributed by atoms with van der Waals surface area (Å²) in [6.45, 7) is 9.17. The average Bonchev–Trinajstić information content (AvgIpc) is 2.87. The molecule has 0 saturated heterocycles. The van der Waals surface area contributed by atoms with Gasteiger partial charge in [-0.2, -0.15) is 9.40 Å². The van der Waals surface area contributed by atoms with Crippen LogP contribution in [0.2, 0.25) is 0 Å². The normalized spacial score (nSPS) is 12.3. The topological polar surface area (TPSA) is 55.2 Å². The van der Waals surface area contributed by atoms with Gasteiger partial charge in [-0.05, 0) is 37.5 Å². The number of hydrogen-bond acceptors (Lipinski definition) is 3. The lowest BCUT2D eigenvalue weighted by Gasteiger charge is -2.17. The van der Waals surface area contributed by atoms with Gasteiger partial charge in [0.2, 0.25) is 10.0 Å². The second-order valence-corrected chi connectivity index (χ2v) is 8.13. The van der Waals surface area contributed by atoms with Gasteiger partial charge in [0.1, 0.15) is 0 Å². The van der Waals surface area contributed by atoms with Gasteiger partial charge in [0, 0.05) is 31.9 Å². The van der Waals surface area contributed by atoms with E-state index in [9.17, 15) is 8.42 Å². The SMILES string of the molecule is CCn1cc(CN(C)S(=O)(=O)c2ccc(C(C)C)cc2)c(C)n1. The number of rotatable bonds is 6. The maximum Gasteiger partial charge on any atom is 0.243 e. The summed E-state index contributed by atoms with van der Waals surface area (Å²) in [6, 6.07) is 7.13. The number of hydrogen-bond donors (Lipinski definition) is 0. The fourth-order valence-corrected chi connectivity index (χ4v) is 3.55. The van der Waals surface area contributed by atoms with Crippen LogP contribution in [0.25, 0.3) is 0 Å². The molecule has 0 fully saturated rings. The van der Waals surface area contributed by atoms with Crippen LogP contribution in [0.1, 0.15) is 43.5 Å². The minimum Gasteiger partial charge on any atom is -0.272 e. The van der Waals surface area contributed by atoms with Gasteiger partial charge in [0.25, 0.3) is 0 Å². The highest BCUT2D eigenvalue weighted by Gasteiger charge is 2.22. The molecule has 5 nitrogen and oxygen atoms in total. The van der Waals surface area contributed by atoms with Crippen LogP contribution in [-0.2, 0) is 23.1 Å². The Balaban J connectivity index is 2.22. The third-order valence-electron chi connectivity index (χ3n) is 4.02. The first-order valence-electron chi connectivity index (χ1n) is 7.85. The lowest BCUT2D eigenvalue weighted by Crippen LogP contribution is -2.26. The van der Waals surface area contributed by atoms with Crippen LogP contribution in [0.5, 0.6) is 0 Å². The summed E-state index contributed by atoms with van der Waals surface area (Å²) in [5.74, 6) is 0.381. The van der Waals surface area contributed by atoms with Crippen molar-refractivity contribution in [2.75, 3.05) is 7.05 Å². The fraction of sp³-hybridized carbons (Fsp3) is 0.471. The summed E-state index contributed by atoms with van der Waals surface area (Å²) in [5.41, 5.74) is 2.92. The van der Waals surface area contributed by atoms with Crippen LogP contribution < -0.4 is 0 Å². The largest absolute Gasteiger partial charge is 0.272 e. The Kier molecular flexibility index (Phi) is 5.26. The zero-order valence-electron chi connectivity index (χ0n) is 14.4. The molecule has 0 saturated carbocycles. The van der Waals surface area contributed by atoms with E-state index in [0.717, 1.165) is 23.4 Å². The predicted octanol–water partition coefficient (Wildman–Crippen LogP) is 3.16. The van der Waals surface area contributed by atoms with E-state index in [1.54, 1.807) is 19.2 Å². The van der Waals surface area contributed by atoms with Crippen molar-refractivity contribution in [2.45, 2.75) is 51.6 Å². The molecule has 0 atom stereocenters. The highest BCUT2D eigenvalue weighted by molar-refractivity contribution is 7.89. The molecule has 1 aromatic carbocycles. The van der Waals surface area contributed by atoms with Gasteiger partial charge in [-0.1, -0.05) is 26.0 Å². The smallest absolute Gasteiger partial charge is 0.243 e. The molecule has 0 unspecified atom stereocenters. The van der Waals surface area contributed by atoms with Gasteiger partial charge < -0.3 is 0 Å². The quantitative estimate of drug-likeness (QED) is 0.815. The first-order valence-corrected chi connectivity index (χ1v) is 9.29. The Labute approximate surface area is 139 Å². The summed E-state index contributed by atoms with van der Waals surface area (Å²) in [4.78, 5) is 0.324. The Hall–Kier alpha value is -1.66. The molecule has 0 aliphatic rings. The van der Waals surface area contributed by atoms with Crippen molar-refractivity contribution in [1.82, 2.24) is 14.1 Å². The molecular weight excluding hydrogens is 310 g/mol. The van der Waals surface area contributed by atoms with E-state index >= 15 is 0 Å². The molecule has 2 aromatic rings. The van der Waals surface area contributed by atoms with Crippen molar-refractivity contribution in [3.63, 3.8) is 0 Å². The van der Waals surface area contributed by atoms with Gasteiger partial charge in [-0.15, -0.1) is 0 Å². The summed E-state index contributed by atoms with van der Waals surface area (Å²) in [7, 11) is -1.89. The molecule has 126 valence electrons. The van der Waals surface area contributed by atoms with Crippen LogP contribution >= 0.6 is 0 Å². The van der Waals surface area contributed by atoms with Crippen LogP contribution in [0.15, 0.2) is 35.4 Å². The standard InChI is InChI=1S/C17H25N3O2S/c1-6-20-12-16(14(4)18-20)11-19(5)23(21,22)17-9-7-15(8-10-17)13(2)3/h7-10,12-13H,6,11H2,1-5H3. The maximum atomic E-state index is 12.7. The molecule has 0 N–H and O–H groups in total. The minimum atomic E-state index is -3.50. The monoisotopic (exact) mass is 335 g/mol. The van der Waals surface area contributed by atoms with Gasteiger partial charge in [-0.3, -0.25) is 4.68 Å². The molecule has 0 aliphatic carbocycles. The van der Waals surface area contributed by atoms with Crippen molar-refractivity contribution >= 4 is 10.0 Å². The van der Waals surface area contributed by atoms with Crippen molar-refractivity contribution in [3.8, 4) is 0 Å². The molecule has 0 amide bonds. The van der Waals surface area contributed by atoms with Crippen LogP contribution in [0.3, 0.4) is 0 Å². The van der Waals surface area contributed by atoms with Crippen LogP contribution in [0.4, 0.5) is 0 Å². The summed E-state index contributed by atoms with van der Waals surface area (Å²) >= 11 is 0. The highest BCUT2D eigenvalue weighted by atomic mass is 32.2. The van der Waals surface area contributed by atoms with Gasteiger partial charge >= 0.3 is 0 Å². The molecule has 0 spiro atoms. The van der Waals surface area contributed by atoms with E-state index in [1.807, 2.05) is 36.9 Å². The van der Waals surface area contributed by atoms with E-state index in [0.29, 0.717) is 17.4 Å². The maximum absolute atomic E-state index is 12.7. The number of nitrogens with zero attached hydrogens (tertiary/aromatic N) is 3. The summed E-state index contributed by atoms with van der Waals surface area (Å²) in [6.07, 6.45) is 1.91. The third-order valence-corrected chi connectivity index (χ3v) is 5.84. The van der Waals surface area contributed by atoms with Crippen molar-refractivity contribution in [3.05, 3.63) is 47.3 Å². The minimum absolute atomic E-state index is 0.320. The van der Waals surface area contributed by atoms with Gasteiger partial charge in [0.15, 0.2) is 0 Å². The number of aryl methyl sites for hydroxylation is 2. The summed E-state index contributed by atoms with van der Waals surface area (Å²) < 4.78 is 28.6. The van der Waals surface area contributed by atoms with E-state index < -0.39 is 10.0 Å². The zero-order chi connectivity index (χ0) is 17.2. The average molecular weight is 335 g/mol. The van der Waals surface area contributed by atoms with Crippen LogP contribution in [-0.4, -0.2) is 29.6 Å². The van der Waals surface area contributed by atoms with E-state index in [1.165, 1.54) is 4.31 Å². The van der Waals surface area contributed by atoms with E-state index in [2.05, 4.69) is 18.9 Å².